The summed E-state index contributed by atoms with van der Waals surface area (Å²) in [6.45, 7) is 0.472. The maximum Gasteiger partial charge on any atom is 0.251 e. The highest BCUT2D eigenvalue weighted by Crippen LogP contribution is 2.13. The SMILES string of the molecule is CNC(=O)c1ccc(CN(C)C(=O)/C=C/c2ccc(OC)cc2)cc1. The highest BCUT2D eigenvalue weighted by Gasteiger charge is 2.07. The number of carbonyl (C=O) groups excluding carboxylic acids is 2. The van der Waals surface area contributed by atoms with Crippen LogP contribution in [0.2, 0.25) is 0 Å². The number of amides is 2. The molecular weight excluding hydrogens is 316 g/mol. The summed E-state index contributed by atoms with van der Waals surface area (Å²) in [7, 11) is 4.95. The number of carbonyl (C=O) groups is 2. The first-order valence-corrected chi connectivity index (χ1v) is 7.91. The molecule has 0 aliphatic carbocycles. The van der Waals surface area contributed by atoms with E-state index in [1.807, 2.05) is 36.4 Å². The highest BCUT2D eigenvalue weighted by molar-refractivity contribution is 5.94. The van der Waals surface area contributed by atoms with Crippen molar-refractivity contribution in [1.82, 2.24) is 10.2 Å². The molecule has 5 nitrogen and oxygen atoms in total. The van der Waals surface area contributed by atoms with Crippen molar-refractivity contribution in [2.24, 2.45) is 0 Å². The number of rotatable bonds is 6. The minimum atomic E-state index is -0.126. The Bertz CT molecular complexity index is 750. The van der Waals surface area contributed by atoms with Crippen LogP contribution in [0.3, 0.4) is 0 Å². The number of hydrogen-bond donors (Lipinski definition) is 1. The quantitative estimate of drug-likeness (QED) is 0.824. The Balaban J connectivity index is 1.95. The zero-order valence-corrected chi connectivity index (χ0v) is 14.7. The number of nitrogens with one attached hydrogen (secondary N) is 1. The third-order valence-electron chi connectivity index (χ3n) is 3.77. The van der Waals surface area contributed by atoms with Gasteiger partial charge in [0.05, 0.1) is 7.11 Å². The zero-order chi connectivity index (χ0) is 18.2. The van der Waals surface area contributed by atoms with Crippen LogP contribution in [-0.4, -0.2) is 37.9 Å². The Kier molecular flexibility index (Phi) is 6.34. The van der Waals surface area contributed by atoms with Crippen LogP contribution < -0.4 is 10.1 Å². The fraction of sp³-hybridized carbons (Fsp3) is 0.200. The van der Waals surface area contributed by atoms with Crippen molar-refractivity contribution < 1.29 is 14.3 Å². The summed E-state index contributed by atoms with van der Waals surface area (Å²) in [5.41, 5.74) is 2.48. The fourth-order valence-corrected chi connectivity index (χ4v) is 2.27. The summed E-state index contributed by atoms with van der Waals surface area (Å²) in [5.74, 6) is 0.561. The lowest BCUT2D eigenvalue weighted by Crippen LogP contribution is -2.24. The number of benzene rings is 2. The molecule has 0 radical (unpaired) electrons. The molecule has 0 spiro atoms. The smallest absolute Gasteiger partial charge is 0.251 e. The number of likely N-dealkylation sites (N-methyl/N-ethyl adjacent to an activating group) is 1. The summed E-state index contributed by atoms with van der Waals surface area (Å²) in [5, 5.41) is 2.58. The molecule has 5 heteroatoms. The highest BCUT2D eigenvalue weighted by atomic mass is 16.5. The standard InChI is InChI=1S/C20H22N2O3/c1-21-20(24)17-9-4-16(5-10-17)14-22(2)19(23)13-8-15-6-11-18(25-3)12-7-15/h4-13H,14H2,1-3H3,(H,21,24)/b13-8+. The summed E-state index contributed by atoms with van der Waals surface area (Å²) in [6, 6.07) is 14.7. The molecule has 1 N–H and O–H groups in total. The van der Waals surface area contributed by atoms with Gasteiger partial charge in [-0.1, -0.05) is 24.3 Å². The lowest BCUT2D eigenvalue weighted by molar-refractivity contribution is -0.125. The van der Waals surface area contributed by atoms with E-state index >= 15 is 0 Å². The van der Waals surface area contributed by atoms with Gasteiger partial charge in [0.2, 0.25) is 5.91 Å². The van der Waals surface area contributed by atoms with E-state index in [9.17, 15) is 9.59 Å². The van der Waals surface area contributed by atoms with Crippen LogP contribution in [0.1, 0.15) is 21.5 Å². The van der Waals surface area contributed by atoms with E-state index < -0.39 is 0 Å². The second kappa shape index (κ2) is 8.68. The van der Waals surface area contributed by atoms with Crippen LogP contribution in [-0.2, 0) is 11.3 Å². The second-order valence-corrected chi connectivity index (χ2v) is 5.58. The van der Waals surface area contributed by atoms with Gasteiger partial charge in [-0.25, -0.2) is 0 Å². The van der Waals surface area contributed by atoms with Gasteiger partial charge in [0, 0.05) is 32.3 Å². The summed E-state index contributed by atoms with van der Waals surface area (Å²) < 4.78 is 5.11. The van der Waals surface area contributed by atoms with E-state index in [0.29, 0.717) is 12.1 Å². The van der Waals surface area contributed by atoms with Crippen LogP contribution >= 0.6 is 0 Å². The van der Waals surface area contributed by atoms with E-state index in [0.717, 1.165) is 16.9 Å². The lowest BCUT2D eigenvalue weighted by Gasteiger charge is -2.15. The Morgan fingerprint density at radius 1 is 1.08 bits per heavy atom. The second-order valence-electron chi connectivity index (χ2n) is 5.58. The molecule has 0 fully saturated rings. The van der Waals surface area contributed by atoms with Crippen LogP contribution in [0.5, 0.6) is 5.75 Å². The van der Waals surface area contributed by atoms with E-state index in [-0.39, 0.29) is 11.8 Å². The number of methoxy groups -OCH3 is 1. The van der Waals surface area contributed by atoms with E-state index in [1.165, 1.54) is 0 Å². The van der Waals surface area contributed by atoms with Gasteiger partial charge >= 0.3 is 0 Å². The van der Waals surface area contributed by atoms with Crippen LogP contribution in [0, 0.1) is 0 Å². The minimum Gasteiger partial charge on any atom is -0.497 e. The van der Waals surface area contributed by atoms with Crippen molar-refractivity contribution >= 4 is 17.9 Å². The largest absolute Gasteiger partial charge is 0.497 e. The Morgan fingerprint density at radius 2 is 1.72 bits per heavy atom. The average molecular weight is 338 g/mol. The van der Waals surface area contributed by atoms with Gasteiger partial charge in [0.25, 0.3) is 5.91 Å². The van der Waals surface area contributed by atoms with E-state index in [1.54, 1.807) is 50.4 Å². The molecule has 0 heterocycles. The molecule has 2 amide bonds. The van der Waals surface area contributed by atoms with Crippen LogP contribution in [0.25, 0.3) is 6.08 Å². The molecule has 25 heavy (non-hydrogen) atoms. The summed E-state index contributed by atoms with van der Waals surface area (Å²) in [4.78, 5) is 25.4. The van der Waals surface area contributed by atoms with Gasteiger partial charge in [0.1, 0.15) is 5.75 Å². The molecule has 0 aliphatic rings. The minimum absolute atomic E-state index is 0.0915. The Labute approximate surface area is 147 Å². The van der Waals surface area contributed by atoms with Gasteiger partial charge in [-0.3, -0.25) is 9.59 Å². The van der Waals surface area contributed by atoms with Gasteiger partial charge in [-0.15, -0.1) is 0 Å². The number of ether oxygens (including phenoxy) is 1. The maximum absolute atomic E-state index is 12.2. The third kappa shape index (κ3) is 5.21. The molecule has 130 valence electrons. The molecule has 0 saturated heterocycles. The van der Waals surface area contributed by atoms with Crippen molar-refractivity contribution in [3.05, 3.63) is 71.3 Å². The summed E-state index contributed by atoms with van der Waals surface area (Å²) >= 11 is 0. The lowest BCUT2D eigenvalue weighted by atomic mass is 10.1. The van der Waals surface area contributed by atoms with Gasteiger partial charge in [-0.2, -0.15) is 0 Å². The monoisotopic (exact) mass is 338 g/mol. The number of nitrogens with zero attached hydrogens (tertiary/aromatic N) is 1. The normalized spacial score (nSPS) is 10.5. The molecule has 0 atom stereocenters. The van der Waals surface area contributed by atoms with Crippen molar-refractivity contribution in [2.45, 2.75) is 6.54 Å². The Hall–Kier alpha value is -3.08. The topological polar surface area (TPSA) is 58.6 Å². The van der Waals surface area contributed by atoms with Gasteiger partial charge < -0.3 is 15.0 Å². The molecule has 0 aromatic heterocycles. The summed E-state index contributed by atoms with van der Waals surface area (Å²) in [6.07, 6.45) is 3.31. The van der Waals surface area contributed by atoms with Crippen LogP contribution in [0.4, 0.5) is 0 Å². The third-order valence-corrected chi connectivity index (χ3v) is 3.77. The first-order valence-electron chi connectivity index (χ1n) is 7.91. The molecule has 2 rings (SSSR count). The predicted molar refractivity (Wildman–Crippen MR) is 98.3 cm³/mol. The predicted octanol–water partition coefficient (Wildman–Crippen LogP) is 2.73. The molecule has 0 aliphatic heterocycles. The molecule has 0 unspecified atom stereocenters. The van der Waals surface area contributed by atoms with Crippen molar-refractivity contribution in [3.8, 4) is 5.75 Å². The fourth-order valence-electron chi connectivity index (χ4n) is 2.27. The maximum atomic E-state index is 12.2. The molecule has 0 saturated carbocycles. The average Bonchev–Trinajstić information content (AvgIpc) is 2.66. The number of hydrogen-bond acceptors (Lipinski definition) is 3. The van der Waals surface area contributed by atoms with Gasteiger partial charge in [-0.05, 0) is 41.5 Å². The first kappa shape index (κ1) is 18.3. The molecule has 0 bridgehead atoms. The van der Waals surface area contributed by atoms with Crippen molar-refractivity contribution in [3.63, 3.8) is 0 Å². The van der Waals surface area contributed by atoms with Crippen molar-refractivity contribution in [1.29, 1.82) is 0 Å². The Morgan fingerprint density at radius 3 is 2.28 bits per heavy atom. The zero-order valence-electron chi connectivity index (χ0n) is 14.7. The van der Waals surface area contributed by atoms with Gasteiger partial charge in [0.15, 0.2) is 0 Å². The van der Waals surface area contributed by atoms with E-state index in [4.69, 9.17) is 4.74 Å². The van der Waals surface area contributed by atoms with E-state index in [2.05, 4.69) is 5.32 Å². The molecular formula is C20H22N2O3. The first-order chi connectivity index (χ1) is 12.0. The molecule has 2 aromatic carbocycles. The van der Waals surface area contributed by atoms with Crippen LogP contribution in [0.15, 0.2) is 54.6 Å². The molecule has 2 aromatic rings. The van der Waals surface area contributed by atoms with Crippen molar-refractivity contribution in [2.75, 3.05) is 21.2 Å².